The van der Waals surface area contributed by atoms with Gasteiger partial charge in [-0.15, -0.1) is 0 Å². The lowest BCUT2D eigenvalue weighted by atomic mass is 9.89. The highest BCUT2D eigenvalue weighted by molar-refractivity contribution is 5.92. The Morgan fingerprint density at radius 3 is 2.19 bits per heavy atom. The number of nitrogens with two attached hydrogens (primary N) is 1. The SMILES string of the molecule is CC(=O)NC1CCC(=C[C@H](NC(=O)[C@H](/C=C2\C=C[C@H](N)CC2)NC(C)=O)C(=O)O)CC1. The van der Waals surface area contributed by atoms with Crippen molar-refractivity contribution in [2.45, 2.75) is 76.5 Å². The smallest absolute Gasteiger partial charge is 0.330 e. The van der Waals surface area contributed by atoms with E-state index in [1.807, 2.05) is 12.2 Å². The number of amides is 3. The summed E-state index contributed by atoms with van der Waals surface area (Å²) in [7, 11) is 0. The summed E-state index contributed by atoms with van der Waals surface area (Å²) in [4.78, 5) is 47.3. The molecule has 170 valence electrons. The number of carbonyl (C=O) groups excluding carboxylic acids is 3. The van der Waals surface area contributed by atoms with Crippen LogP contribution in [0.15, 0.2) is 35.5 Å². The highest BCUT2D eigenvalue weighted by Gasteiger charge is 2.26. The van der Waals surface area contributed by atoms with E-state index in [9.17, 15) is 24.3 Å². The van der Waals surface area contributed by atoms with Crippen LogP contribution < -0.4 is 21.7 Å². The number of carboxylic acid groups (broad SMARTS) is 1. The molecule has 0 spiro atoms. The van der Waals surface area contributed by atoms with Gasteiger partial charge in [-0.05, 0) is 50.2 Å². The maximum Gasteiger partial charge on any atom is 0.330 e. The maximum absolute atomic E-state index is 12.8. The molecule has 3 atom stereocenters. The predicted octanol–water partition coefficient (Wildman–Crippen LogP) is 0.669. The van der Waals surface area contributed by atoms with Crippen molar-refractivity contribution >= 4 is 23.7 Å². The van der Waals surface area contributed by atoms with Crippen LogP contribution in [0.2, 0.25) is 0 Å². The third kappa shape index (κ3) is 8.37. The van der Waals surface area contributed by atoms with Crippen molar-refractivity contribution < 1.29 is 24.3 Å². The summed E-state index contributed by atoms with van der Waals surface area (Å²) in [6, 6.07) is -2.14. The standard InChI is InChI=1S/C22H32N4O5/c1-13(27)24-18-9-5-16(6-10-18)12-20(22(30)31)26-21(29)19(25-14(2)28)11-15-3-7-17(23)8-4-15/h3,7,11-12,17-20H,4-6,8-10,23H2,1-2H3,(H,24,27)(H,25,28)(H,26,29)(H,30,31)/b15-11+,16-12?/t17-,18?,19-,20-/m0/s1. The zero-order valence-corrected chi connectivity index (χ0v) is 18.0. The lowest BCUT2D eigenvalue weighted by Gasteiger charge is -2.25. The minimum atomic E-state index is -1.20. The fraction of sp³-hybridized carbons (Fsp3) is 0.545. The third-order valence-electron chi connectivity index (χ3n) is 5.35. The summed E-state index contributed by atoms with van der Waals surface area (Å²) >= 11 is 0. The Kier molecular flexibility index (Phi) is 8.99. The van der Waals surface area contributed by atoms with Gasteiger partial charge >= 0.3 is 5.97 Å². The van der Waals surface area contributed by atoms with Gasteiger partial charge in [0.05, 0.1) is 0 Å². The predicted molar refractivity (Wildman–Crippen MR) is 116 cm³/mol. The van der Waals surface area contributed by atoms with Crippen LogP contribution in [-0.2, 0) is 19.2 Å². The number of hydrogen-bond donors (Lipinski definition) is 5. The Balaban J connectivity index is 2.07. The average Bonchev–Trinajstić information content (AvgIpc) is 2.69. The zero-order valence-electron chi connectivity index (χ0n) is 18.0. The van der Waals surface area contributed by atoms with Gasteiger partial charge in [-0.3, -0.25) is 14.4 Å². The van der Waals surface area contributed by atoms with Gasteiger partial charge in [0.2, 0.25) is 17.7 Å². The van der Waals surface area contributed by atoms with E-state index in [-0.39, 0.29) is 18.0 Å². The molecular weight excluding hydrogens is 400 g/mol. The second-order valence-electron chi connectivity index (χ2n) is 8.11. The second-order valence-corrected chi connectivity index (χ2v) is 8.11. The largest absolute Gasteiger partial charge is 0.479 e. The normalized spacial score (nSPS) is 24.1. The van der Waals surface area contributed by atoms with Crippen molar-refractivity contribution in [1.29, 1.82) is 0 Å². The molecule has 0 aliphatic heterocycles. The van der Waals surface area contributed by atoms with Gasteiger partial charge in [-0.2, -0.15) is 0 Å². The maximum atomic E-state index is 12.8. The van der Waals surface area contributed by atoms with Crippen LogP contribution in [0.5, 0.6) is 0 Å². The van der Waals surface area contributed by atoms with Gasteiger partial charge in [-0.1, -0.05) is 23.8 Å². The van der Waals surface area contributed by atoms with Crippen LogP contribution in [-0.4, -0.2) is 53.0 Å². The molecule has 0 saturated heterocycles. The Morgan fingerprint density at radius 2 is 1.68 bits per heavy atom. The molecule has 6 N–H and O–H groups in total. The molecular formula is C22H32N4O5. The second kappa shape index (κ2) is 11.5. The van der Waals surface area contributed by atoms with E-state index >= 15 is 0 Å². The molecule has 1 saturated carbocycles. The van der Waals surface area contributed by atoms with Crippen LogP contribution >= 0.6 is 0 Å². The summed E-state index contributed by atoms with van der Waals surface area (Å²) < 4.78 is 0. The molecule has 0 heterocycles. The highest BCUT2D eigenvalue weighted by Crippen LogP contribution is 2.24. The summed E-state index contributed by atoms with van der Waals surface area (Å²) in [6.45, 7) is 2.77. The molecule has 3 amide bonds. The van der Waals surface area contributed by atoms with E-state index in [2.05, 4.69) is 16.0 Å². The van der Waals surface area contributed by atoms with E-state index in [1.54, 1.807) is 12.2 Å². The van der Waals surface area contributed by atoms with Gasteiger partial charge in [0.15, 0.2) is 0 Å². The minimum Gasteiger partial charge on any atom is -0.479 e. The number of allylic oxidation sites excluding steroid dienone is 3. The number of carbonyl (C=O) groups is 4. The van der Waals surface area contributed by atoms with E-state index in [1.165, 1.54) is 13.8 Å². The molecule has 2 aliphatic rings. The Labute approximate surface area is 182 Å². The molecule has 0 aromatic heterocycles. The molecule has 0 aromatic rings. The molecule has 0 bridgehead atoms. The molecule has 1 fully saturated rings. The van der Waals surface area contributed by atoms with E-state index in [0.717, 1.165) is 30.4 Å². The number of hydrogen-bond acceptors (Lipinski definition) is 5. The first-order valence-electron chi connectivity index (χ1n) is 10.6. The van der Waals surface area contributed by atoms with Crippen LogP contribution in [0, 0.1) is 0 Å². The van der Waals surface area contributed by atoms with Gasteiger partial charge in [0.1, 0.15) is 12.1 Å². The first kappa shape index (κ1) is 24.3. The first-order valence-corrected chi connectivity index (χ1v) is 10.6. The molecule has 0 unspecified atom stereocenters. The first-order chi connectivity index (χ1) is 14.6. The lowest BCUT2D eigenvalue weighted by Crippen LogP contribution is -2.50. The van der Waals surface area contributed by atoms with Crippen molar-refractivity contribution in [3.63, 3.8) is 0 Å². The van der Waals surface area contributed by atoms with E-state index in [4.69, 9.17) is 5.73 Å². The zero-order chi connectivity index (χ0) is 23.0. The molecule has 31 heavy (non-hydrogen) atoms. The molecule has 0 radical (unpaired) electrons. The number of nitrogens with one attached hydrogen (secondary N) is 3. The van der Waals surface area contributed by atoms with E-state index < -0.39 is 29.9 Å². The fourth-order valence-electron chi connectivity index (χ4n) is 3.76. The van der Waals surface area contributed by atoms with Crippen LogP contribution in [0.1, 0.15) is 52.4 Å². The van der Waals surface area contributed by atoms with Gasteiger partial charge in [-0.25, -0.2) is 4.79 Å². The number of carboxylic acids is 1. The van der Waals surface area contributed by atoms with Crippen molar-refractivity contribution in [3.8, 4) is 0 Å². The Morgan fingerprint density at radius 1 is 1.00 bits per heavy atom. The Bertz CT molecular complexity index is 792. The number of aliphatic carboxylic acids is 1. The average molecular weight is 433 g/mol. The van der Waals surface area contributed by atoms with Crippen LogP contribution in [0.25, 0.3) is 0 Å². The highest BCUT2D eigenvalue weighted by atomic mass is 16.4. The van der Waals surface area contributed by atoms with Gasteiger partial charge in [0.25, 0.3) is 0 Å². The summed E-state index contributed by atoms with van der Waals surface area (Å²) in [5.74, 6) is -2.25. The fourth-order valence-corrected chi connectivity index (χ4v) is 3.76. The molecule has 2 aliphatic carbocycles. The molecule has 2 rings (SSSR count). The molecule has 9 nitrogen and oxygen atoms in total. The van der Waals surface area contributed by atoms with Crippen molar-refractivity contribution in [2.24, 2.45) is 5.73 Å². The number of rotatable bonds is 7. The minimum absolute atomic E-state index is 0.0334. The van der Waals surface area contributed by atoms with Crippen molar-refractivity contribution in [3.05, 3.63) is 35.5 Å². The lowest BCUT2D eigenvalue weighted by molar-refractivity contribution is -0.140. The van der Waals surface area contributed by atoms with Crippen molar-refractivity contribution in [1.82, 2.24) is 16.0 Å². The third-order valence-corrected chi connectivity index (χ3v) is 5.35. The van der Waals surface area contributed by atoms with Crippen LogP contribution in [0.3, 0.4) is 0 Å². The summed E-state index contributed by atoms with van der Waals surface area (Å²) in [5.41, 5.74) is 7.62. The molecule has 9 heteroatoms. The summed E-state index contributed by atoms with van der Waals surface area (Å²) in [5, 5.41) is 17.5. The van der Waals surface area contributed by atoms with Gasteiger partial charge in [0, 0.05) is 25.9 Å². The monoisotopic (exact) mass is 432 g/mol. The topological polar surface area (TPSA) is 151 Å². The van der Waals surface area contributed by atoms with E-state index in [0.29, 0.717) is 19.3 Å². The van der Waals surface area contributed by atoms with Crippen LogP contribution in [0.4, 0.5) is 0 Å². The molecule has 0 aromatic carbocycles. The van der Waals surface area contributed by atoms with Crippen molar-refractivity contribution in [2.75, 3.05) is 0 Å². The summed E-state index contributed by atoms with van der Waals surface area (Å²) in [6.07, 6.45) is 11.0. The quantitative estimate of drug-likeness (QED) is 0.373. The Hall–Kier alpha value is -2.94. The van der Waals surface area contributed by atoms with Gasteiger partial charge < -0.3 is 26.8 Å².